The van der Waals surface area contributed by atoms with E-state index in [1.165, 1.54) is 25.7 Å². The second kappa shape index (κ2) is 10.1. The molecular weight excluding hydrogens is 252 g/mol. The van der Waals surface area contributed by atoms with Crippen molar-refractivity contribution in [2.24, 2.45) is 10.9 Å². The van der Waals surface area contributed by atoms with Gasteiger partial charge >= 0.3 is 0 Å². The van der Waals surface area contributed by atoms with Crippen molar-refractivity contribution in [1.82, 2.24) is 16.0 Å². The van der Waals surface area contributed by atoms with Crippen molar-refractivity contribution in [2.75, 3.05) is 26.2 Å². The minimum absolute atomic E-state index is 0.147. The lowest BCUT2D eigenvalue weighted by atomic mass is 10.0. The van der Waals surface area contributed by atoms with Crippen LogP contribution in [0.3, 0.4) is 0 Å². The van der Waals surface area contributed by atoms with Crippen molar-refractivity contribution in [1.29, 1.82) is 0 Å². The summed E-state index contributed by atoms with van der Waals surface area (Å²) in [6.45, 7) is 4.34. The van der Waals surface area contributed by atoms with Gasteiger partial charge in [-0.15, -0.1) is 6.42 Å². The summed E-state index contributed by atoms with van der Waals surface area (Å²) in [5.74, 6) is 3.93. The minimum atomic E-state index is 0.147. The molecule has 0 atom stereocenters. The van der Waals surface area contributed by atoms with E-state index in [9.17, 15) is 4.79 Å². The number of guanidine groups is 1. The third kappa shape index (κ3) is 7.03. The highest BCUT2D eigenvalue weighted by Gasteiger charge is 2.17. The highest BCUT2D eigenvalue weighted by atomic mass is 16.1. The Kier molecular flexibility index (Phi) is 8.28. The van der Waals surface area contributed by atoms with Gasteiger partial charge in [-0.05, 0) is 25.7 Å². The van der Waals surface area contributed by atoms with E-state index < -0.39 is 0 Å². The zero-order chi connectivity index (χ0) is 14.6. The lowest BCUT2D eigenvalue weighted by Crippen LogP contribution is -2.38. The molecule has 0 aromatic heterocycles. The summed E-state index contributed by atoms with van der Waals surface area (Å²) in [4.78, 5) is 16.1. The molecule has 1 aliphatic rings. The molecule has 0 aromatic carbocycles. The molecule has 0 heterocycles. The minimum Gasteiger partial charge on any atom is -0.357 e. The average molecular weight is 278 g/mol. The fourth-order valence-corrected chi connectivity index (χ4v) is 2.39. The molecule has 1 aliphatic carbocycles. The first-order valence-electron chi connectivity index (χ1n) is 7.48. The highest BCUT2D eigenvalue weighted by molar-refractivity contribution is 5.80. The largest absolute Gasteiger partial charge is 0.357 e. The summed E-state index contributed by atoms with van der Waals surface area (Å²) in [7, 11) is 0. The number of hydrogen-bond acceptors (Lipinski definition) is 2. The number of nitrogens with zero attached hydrogens (tertiary/aromatic N) is 1. The number of terminal acetylenes is 1. The topological polar surface area (TPSA) is 65.5 Å². The summed E-state index contributed by atoms with van der Waals surface area (Å²) in [5.41, 5.74) is 0. The van der Waals surface area contributed by atoms with Gasteiger partial charge < -0.3 is 16.0 Å². The van der Waals surface area contributed by atoms with Crippen LogP contribution in [0.5, 0.6) is 0 Å². The first-order valence-corrected chi connectivity index (χ1v) is 7.48. The van der Waals surface area contributed by atoms with Crippen LogP contribution in [0.1, 0.15) is 39.0 Å². The Hall–Kier alpha value is -1.70. The van der Waals surface area contributed by atoms with Gasteiger partial charge in [0.05, 0.1) is 13.1 Å². The maximum atomic E-state index is 11.7. The second-order valence-corrected chi connectivity index (χ2v) is 5.02. The van der Waals surface area contributed by atoms with Crippen LogP contribution < -0.4 is 16.0 Å². The number of carbonyl (C=O) groups excluding carboxylic acids is 1. The first kappa shape index (κ1) is 16.4. The van der Waals surface area contributed by atoms with Crippen LogP contribution in [0.25, 0.3) is 0 Å². The maximum absolute atomic E-state index is 11.7. The molecule has 0 bridgehead atoms. The fraction of sp³-hybridized carbons (Fsp3) is 0.733. The monoisotopic (exact) mass is 278 g/mol. The smallest absolute Gasteiger partial charge is 0.220 e. The van der Waals surface area contributed by atoms with Crippen LogP contribution in [0.2, 0.25) is 0 Å². The van der Waals surface area contributed by atoms with Gasteiger partial charge in [0.25, 0.3) is 0 Å². The molecule has 112 valence electrons. The summed E-state index contributed by atoms with van der Waals surface area (Å²) < 4.78 is 0. The first-order chi connectivity index (χ1) is 9.76. The summed E-state index contributed by atoms with van der Waals surface area (Å²) >= 11 is 0. The van der Waals surface area contributed by atoms with Gasteiger partial charge in [0.2, 0.25) is 5.91 Å². The van der Waals surface area contributed by atoms with Gasteiger partial charge in [0.1, 0.15) is 0 Å². The Balaban J connectivity index is 2.17. The Labute approximate surface area is 122 Å². The fourth-order valence-electron chi connectivity index (χ4n) is 2.39. The normalized spacial score (nSPS) is 15.7. The average Bonchev–Trinajstić information content (AvgIpc) is 2.93. The van der Waals surface area contributed by atoms with Crippen LogP contribution in [0.4, 0.5) is 0 Å². The molecule has 0 unspecified atom stereocenters. The molecule has 1 amide bonds. The maximum Gasteiger partial charge on any atom is 0.220 e. The molecule has 0 saturated heterocycles. The Morgan fingerprint density at radius 2 is 2.05 bits per heavy atom. The van der Waals surface area contributed by atoms with Crippen molar-refractivity contribution >= 4 is 11.9 Å². The molecule has 0 spiro atoms. The second-order valence-electron chi connectivity index (χ2n) is 5.02. The summed E-state index contributed by atoms with van der Waals surface area (Å²) in [6.07, 6.45) is 10.8. The molecule has 0 aromatic rings. The Bertz CT molecular complexity index is 353. The van der Waals surface area contributed by atoms with Crippen LogP contribution in [-0.2, 0) is 4.79 Å². The van der Waals surface area contributed by atoms with Crippen molar-refractivity contribution in [2.45, 2.75) is 39.0 Å². The third-order valence-corrected chi connectivity index (χ3v) is 3.35. The standard InChI is InChI=1S/C15H26N4O/c1-3-9-18-15(16-4-2)19-11-10-17-14(20)12-13-7-5-6-8-13/h1,13H,4-12H2,2H3,(H,17,20)(H2,16,18,19). The molecule has 1 fully saturated rings. The van der Waals surface area contributed by atoms with Crippen molar-refractivity contribution in [3.63, 3.8) is 0 Å². The predicted molar refractivity (Wildman–Crippen MR) is 82.4 cm³/mol. The van der Waals surface area contributed by atoms with Gasteiger partial charge in [0, 0.05) is 19.5 Å². The van der Waals surface area contributed by atoms with E-state index in [1.54, 1.807) is 0 Å². The lowest BCUT2D eigenvalue weighted by molar-refractivity contribution is -0.121. The van der Waals surface area contributed by atoms with Gasteiger partial charge in [0.15, 0.2) is 5.96 Å². The third-order valence-electron chi connectivity index (χ3n) is 3.35. The molecule has 3 N–H and O–H groups in total. The molecule has 0 aliphatic heterocycles. The van der Waals surface area contributed by atoms with E-state index in [2.05, 4.69) is 26.9 Å². The number of nitrogens with one attached hydrogen (secondary N) is 3. The Morgan fingerprint density at radius 1 is 1.30 bits per heavy atom. The van der Waals surface area contributed by atoms with Gasteiger partial charge in [-0.1, -0.05) is 18.8 Å². The van der Waals surface area contributed by atoms with Crippen LogP contribution in [-0.4, -0.2) is 38.0 Å². The van der Waals surface area contributed by atoms with Gasteiger partial charge in [-0.2, -0.15) is 0 Å². The number of carbonyl (C=O) groups is 1. The van der Waals surface area contributed by atoms with Crippen molar-refractivity contribution in [3.05, 3.63) is 0 Å². The quantitative estimate of drug-likeness (QED) is 0.280. The van der Waals surface area contributed by atoms with Crippen LogP contribution >= 0.6 is 0 Å². The molecule has 1 rings (SSSR count). The van der Waals surface area contributed by atoms with E-state index in [0.717, 1.165) is 6.54 Å². The lowest BCUT2D eigenvalue weighted by Gasteiger charge is -2.10. The van der Waals surface area contributed by atoms with Crippen LogP contribution in [0, 0.1) is 18.3 Å². The molecule has 1 saturated carbocycles. The van der Waals surface area contributed by atoms with Crippen molar-refractivity contribution < 1.29 is 4.79 Å². The van der Waals surface area contributed by atoms with E-state index in [0.29, 0.717) is 37.9 Å². The SMILES string of the molecule is C#CCNC(=NCCNC(=O)CC1CCCC1)NCC. The highest BCUT2D eigenvalue weighted by Crippen LogP contribution is 2.27. The number of hydrogen-bond donors (Lipinski definition) is 3. The number of amides is 1. The zero-order valence-electron chi connectivity index (χ0n) is 12.4. The summed E-state index contributed by atoms with van der Waals surface area (Å²) in [5, 5.41) is 9.02. The van der Waals surface area contributed by atoms with E-state index in [-0.39, 0.29) is 5.91 Å². The van der Waals surface area contributed by atoms with E-state index >= 15 is 0 Å². The van der Waals surface area contributed by atoms with E-state index in [4.69, 9.17) is 6.42 Å². The zero-order valence-corrected chi connectivity index (χ0v) is 12.4. The molecule has 0 radical (unpaired) electrons. The molecular formula is C15H26N4O. The Morgan fingerprint density at radius 3 is 2.70 bits per heavy atom. The number of aliphatic imine (C=N–C) groups is 1. The van der Waals surface area contributed by atoms with Crippen LogP contribution in [0.15, 0.2) is 4.99 Å². The summed E-state index contributed by atoms with van der Waals surface area (Å²) in [6, 6.07) is 0. The molecule has 20 heavy (non-hydrogen) atoms. The van der Waals surface area contributed by atoms with Gasteiger partial charge in [-0.25, -0.2) is 0 Å². The molecule has 5 heteroatoms. The van der Waals surface area contributed by atoms with E-state index in [1.807, 2.05) is 6.92 Å². The van der Waals surface area contributed by atoms with Crippen molar-refractivity contribution in [3.8, 4) is 12.3 Å². The molecule has 5 nitrogen and oxygen atoms in total. The predicted octanol–water partition coefficient (Wildman–Crippen LogP) is 0.871. The van der Waals surface area contributed by atoms with Gasteiger partial charge in [-0.3, -0.25) is 9.79 Å². The number of rotatable bonds is 7.